The van der Waals surface area contributed by atoms with Gasteiger partial charge >= 0.3 is 0 Å². The van der Waals surface area contributed by atoms with Gasteiger partial charge in [-0.25, -0.2) is 4.98 Å². The van der Waals surface area contributed by atoms with Crippen LogP contribution in [-0.4, -0.2) is 112 Å². The summed E-state index contributed by atoms with van der Waals surface area (Å²) in [5, 5.41) is 9.73. The number of anilines is 4. The van der Waals surface area contributed by atoms with Crippen molar-refractivity contribution >= 4 is 40.5 Å². The number of hydrogen-bond acceptors (Lipinski definition) is 11. The molecule has 3 N–H and O–H groups in total. The van der Waals surface area contributed by atoms with Gasteiger partial charge in [0.2, 0.25) is 17.7 Å². The number of carbonyl (C=O) groups is 1. The molecule has 0 bridgehead atoms. The number of hydrogen-bond donors (Lipinski definition) is 3. The van der Waals surface area contributed by atoms with Crippen molar-refractivity contribution in [1.82, 2.24) is 20.2 Å². The molecule has 3 fully saturated rings. The fraction of sp³-hybridized carbons (Fsp3) is 0.577. The summed E-state index contributed by atoms with van der Waals surface area (Å²) in [6.45, 7) is 3.32. The lowest BCUT2D eigenvalue weighted by Gasteiger charge is -2.29. The number of carbonyl (C=O) groups excluding carboxylic acids is 1. The van der Waals surface area contributed by atoms with Crippen LogP contribution < -0.4 is 25.6 Å². The van der Waals surface area contributed by atoms with Crippen LogP contribution in [0.2, 0.25) is 5.02 Å². The van der Waals surface area contributed by atoms with Gasteiger partial charge in [-0.15, -0.1) is 0 Å². The third-order valence-electron chi connectivity index (χ3n) is 7.18. The van der Waals surface area contributed by atoms with E-state index in [1.807, 2.05) is 39.3 Å². The Balaban J connectivity index is 1.31. The summed E-state index contributed by atoms with van der Waals surface area (Å²) in [6.07, 6.45) is 1.38. The minimum absolute atomic E-state index is 0.0546. The summed E-state index contributed by atoms with van der Waals surface area (Å²) in [5.74, 6) is 0.483. The Morgan fingerprint density at radius 3 is 2.62 bits per heavy atom. The topological polar surface area (TPSA) is 122 Å². The van der Waals surface area contributed by atoms with Crippen LogP contribution in [0, 0.1) is 0 Å². The number of nitrogens with zero attached hydrogens (tertiary/aromatic N) is 4. The Bertz CT molecular complexity index is 1170. The van der Waals surface area contributed by atoms with Gasteiger partial charge in [0.15, 0.2) is 6.10 Å². The third-order valence-corrected chi connectivity index (χ3v) is 7.44. The first-order chi connectivity index (χ1) is 18.8. The number of likely N-dealkylation sites (N-methyl/N-ethyl adjacent to an activating group) is 2. The van der Waals surface area contributed by atoms with E-state index in [-0.39, 0.29) is 47.3 Å². The molecule has 3 aliphatic rings. The number of benzene rings is 1. The van der Waals surface area contributed by atoms with Crippen LogP contribution in [0.1, 0.15) is 6.42 Å². The maximum atomic E-state index is 12.8. The van der Waals surface area contributed by atoms with Crippen molar-refractivity contribution in [2.45, 2.75) is 36.9 Å². The van der Waals surface area contributed by atoms with Crippen molar-refractivity contribution in [2.24, 2.45) is 0 Å². The van der Waals surface area contributed by atoms with Gasteiger partial charge in [0, 0.05) is 32.9 Å². The average Bonchev–Trinajstić information content (AvgIpc) is 3.46. The van der Waals surface area contributed by atoms with Crippen LogP contribution in [0.4, 0.5) is 23.0 Å². The lowest BCUT2D eigenvalue weighted by Crippen LogP contribution is -2.50. The first-order valence-corrected chi connectivity index (χ1v) is 13.5. The van der Waals surface area contributed by atoms with E-state index in [0.717, 1.165) is 31.7 Å². The minimum Gasteiger partial charge on any atom is -0.468 e. The van der Waals surface area contributed by atoms with Gasteiger partial charge in [-0.3, -0.25) is 4.79 Å². The molecule has 0 radical (unpaired) electrons. The molecule has 5 rings (SSSR count). The standard InChI is InChI=1S/C26H36ClN7O5/c1-33(2)9-10-34(3)19-6-5-15(11-18(19)31-24(35)17-7-8-28-17)30-26-29-12-16(27)25(32-26)39-21-14-38-22-20(36-4)13-37-23(21)22/h5-6,11-12,17,20-23,28H,7-10,13-14H2,1-4H3,(H,31,35)(H,29,30,32)/t17?,20-,21-,22-,23-/m1/s1. The second kappa shape index (κ2) is 12.2. The molecule has 5 atom stereocenters. The van der Waals surface area contributed by atoms with E-state index < -0.39 is 0 Å². The Kier molecular flexibility index (Phi) is 8.70. The monoisotopic (exact) mass is 561 g/mol. The van der Waals surface area contributed by atoms with Crippen molar-refractivity contribution in [3.8, 4) is 5.88 Å². The molecule has 1 amide bonds. The van der Waals surface area contributed by atoms with Crippen LogP contribution >= 0.6 is 11.6 Å². The van der Waals surface area contributed by atoms with Crippen molar-refractivity contribution in [3.05, 3.63) is 29.4 Å². The molecule has 3 saturated heterocycles. The normalized spacial score (nSPS) is 25.7. The highest BCUT2D eigenvalue weighted by Gasteiger charge is 2.49. The number of aromatic nitrogens is 2. The summed E-state index contributed by atoms with van der Waals surface area (Å²) < 4.78 is 23.2. The average molecular weight is 562 g/mol. The lowest BCUT2D eigenvalue weighted by molar-refractivity contribution is -0.119. The minimum atomic E-state index is -0.366. The quantitative estimate of drug-likeness (QED) is 0.372. The molecule has 39 heavy (non-hydrogen) atoms. The fourth-order valence-electron chi connectivity index (χ4n) is 4.75. The van der Waals surface area contributed by atoms with E-state index in [1.165, 1.54) is 6.20 Å². The molecule has 1 unspecified atom stereocenters. The Hall–Kier alpha value is -2.74. The highest BCUT2D eigenvalue weighted by molar-refractivity contribution is 6.31. The molecule has 3 aliphatic heterocycles. The number of fused-ring (bicyclic) bond motifs is 1. The number of halogens is 1. The van der Waals surface area contributed by atoms with Gasteiger partial charge in [-0.05, 0) is 45.3 Å². The summed E-state index contributed by atoms with van der Waals surface area (Å²) in [4.78, 5) is 25.8. The Morgan fingerprint density at radius 1 is 1.18 bits per heavy atom. The largest absolute Gasteiger partial charge is 0.468 e. The molecule has 0 spiro atoms. The SMILES string of the molecule is CO[C@@H]1CO[C@H]2[C@@H]1OC[C@H]2Oc1nc(Nc2ccc(N(C)CCN(C)C)c(NC(=O)C3CCN3)c2)ncc1Cl. The van der Waals surface area contributed by atoms with E-state index >= 15 is 0 Å². The van der Waals surface area contributed by atoms with Crippen LogP contribution in [-0.2, 0) is 19.0 Å². The van der Waals surface area contributed by atoms with Gasteiger partial charge in [0.25, 0.3) is 0 Å². The van der Waals surface area contributed by atoms with Crippen molar-refractivity contribution < 1.29 is 23.7 Å². The molecule has 1 aromatic carbocycles. The molecule has 0 aliphatic carbocycles. The van der Waals surface area contributed by atoms with Crippen LogP contribution in [0.5, 0.6) is 5.88 Å². The van der Waals surface area contributed by atoms with E-state index in [1.54, 1.807) is 7.11 Å². The Labute approximate surface area is 233 Å². The fourth-order valence-corrected chi connectivity index (χ4v) is 4.88. The van der Waals surface area contributed by atoms with Crippen LogP contribution in [0.3, 0.4) is 0 Å². The van der Waals surface area contributed by atoms with Crippen LogP contribution in [0.25, 0.3) is 0 Å². The lowest BCUT2D eigenvalue weighted by atomic mass is 10.1. The summed E-state index contributed by atoms with van der Waals surface area (Å²) in [5.41, 5.74) is 2.32. The summed E-state index contributed by atoms with van der Waals surface area (Å²) in [6, 6.07) is 5.59. The summed E-state index contributed by atoms with van der Waals surface area (Å²) in [7, 11) is 7.72. The van der Waals surface area contributed by atoms with E-state index in [9.17, 15) is 4.79 Å². The maximum Gasteiger partial charge on any atom is 0.241 e. The first kappa shape index (κ1) is 27.8. The molecule has 1 aromatic heterocycles. The van der Waals surface area contributed by atoms with Gasteiger partial charge in [0.1, 0.15) is 23.3 Å². The third kappa shape index (κ3) is 6.37. The van der Waals surface area contributed by atoms with Crippen molar-refractivity contribution in [2.75, 3.05) is 76.6 Å². The zero-order chi connectivity index (χ0) is 27.5. The zero-order valence-electron chi connectivity index (χ0n) is 22.6. The van der Waals surface area contributed by atoms with Crippen molar-refractivity contribution in [3.63, 3.8) is 0 Å². The molecular weight excluding hydrogens is 526 g/mol. The highest BCUT2D eigenvalue weighted by Crippen LogP contribution is 2.34. The maximum absolute atomic E-state index is 12.8. The number of rotatable bonds is 11. The number of ether oxygens (including phenoxy) is 4. The second-order valence-corrected chi connectivity index (χ2v) is 10.6. The molecular formula is C26H36ClN7O5. The number of nitrogens with one attached hydrogen (secondary N) is 3. The zero-order valence-corrected chi connectivity index (χ0v) is 23.4. The highest BCUT2D eigenvalue weighted by atomic mass is 35.5. The van der Waals surface area contributed by atoms with Gasteiger partial charge in [0.05, 0.1) is 36.8 Å². The summed E-state index contributed by atoms with van der Waals surface area (Å²) >= 11 is 6.37. The van der Waals surface area contributed by atoms with Gasteiger partial charge in [-0.2, -0.15) is 4.98 Å². The molecule has 2 aromatic rings. The number of methoxy groups -OCH3 is 1. The van der Waals surface area contributed by atoms with E-state index in [4.69, 9.17) is 30.5 Å². The second-order valence-electron chi connectivity index (χ2n) is 10.2. The smallest absolute Gasteiger partial charge is 0.241 e. The predicted octanol–water partition coefficient (Wildman–Crippen LogP) is 1.73. The predicted molar refractivity (Wildman–Crippen MR) is 148 cm³/mol. The number of amides is 1. The molecule has 4 heterocycles. The van der Waals surface area contributed by atoms with Gasteiger partial charge in [-0.1, -0.05) is 11.6 Å². The van der Waals surface area contributed by atoms with E-state index in [2.05, 4.69) is 35.7 Å². The van der Waals surface area contributed by atoms with Crippen molar-refractivity contribution in [1.29, 1.82) is 0 Å². The van der Waals surface area contributed by atoms with Gasteiger partial charge < -0.3 is 44.7 Å². The Morgan fingerprint density at radius 2 is 1.92 bits per heavy atom. The first-order valence-electron chi connectivity index (χ1n) is 13.1. The van der Waals surface area contributed by atoms with Crippen LogP contribution in [0.15, 0.2) is 24.4 Å². The van der Waals surface area contributed by atoms with E-state index in [0.29, 0.717) is 30.5 Å². The molecule has 13 heteroatoms. The molecule has 212 valence electrons. The molecule has 0 saturated carbocycles. The molecule has 12 nitrogen and oxygen atoms in total.